The minimum Gasteiger partial charge on any atom is -0.465 e. The van der Waals surface area contributed by atoms with E-state index in [0.29, 0.717) is 39.4 Å². The van der Waals surface area contributed by atoms with Crippen LogP contribution in [0, 0.1) is 0 Å². The van der Waals surface area contributed by atoms with Crippen LogP contribution in [0.1, 0.15) is 6.42 Å². The summed E-state index contributed by atoms with van der Waals surface area (Å²) < 4.78 is 10.1. The van der Waals surface area contributed by atoms with Crippen molar-refractivity contribution < 1.29 is 24.5 Å². The van der Waals surface area contributed by atoms with E-state index in [1.807, 2.05) is 0 Å². The molecule has 14 heavy (non-hydrogen) atoms. The first-order valence-electron chi connectivity index (χ1n) is 4.50. The third-order valence-corrected chi connectivity index (χ3v) is 1.35. The van der Waals surface area contributed by atoms with Gasteiger partial charge in [-0.3, -0.25) is 0 Å². The van der Waals surface area contributed by atoms with Gasteiger partial charge in [-0.15, -0.1) is 0 Å². The fraction of sp³-hybridized carbons (Fsp3) is 0.875. The number of aliphatic hydroxyl groups is 1. The summed E-state index contributed by atoms with van der Waals surface area (Å²) in [5, 5.41) is 18.8. The van der Waals surface area contributed by atoms with E-state index in [2.05, 4.69) is 5.32 Å². The smallest absolute Gasteiger partial charge is 0.404 e. The van der Waals surface area contributed by atoms with Crippen LogP contribution in [0.25, 0.3) is 0 Å². The lowest BCUT2D eigenvalue weighted by Gasteiger charge is -2.04. The van der Waals surface area contributed by atoms with Crippen LogP contribution in [0.2, 0.25) is 0 Å². The number of amides is 1. The number of hydrogen-bond acceptors (Lipinski definition) is 4. The molecule has 0 aromatic rings. The van der Waals surface area contributed by atoms with E-state index >= 15 is 0 Å². The van der Waals surface area contributed by atoms with Crippen molar-refractivity contribution in [3.05, 3.63) is 0 Å². The van der Waals surface area contributed by atoms with E-state index in [-0.39, 0.29) is 6.61 Å². The highest BCUT2D eigenvalue weighted by Gasteiger charge is 1.93. The monoisotopic (exact) mass is 207 g/mol. The number of aliphatic hydroxyl groups excluding tert-OH is 1. The summed E-state index contributed by atoms with van der Waals surface area (Å²) in [7, 11) is 0. The Hall–Kier alpha value is -0.850. The molecule has 0 rings (SSSR count). The van der Waals surface area contributed by atoms with Gasteiger partial charge >= 0.3 is 6.09 Å². The topological polar surface area (TPSA) is 88.0 Å². The largest absolute Gasteiger partial charge is 0.465 e. The quantitative estimate of drug-likeness (QED) is 0.450. The van der Waals surface area contributed by atoms with Gasteiger partial charge in [-0.25, -0.2) is 4.79 Å². The van der Waals surface area contributed by atoms with Crippen LogP contribution in [0.15, 0.2) is 0 Å². The summed E-state index contributed by atoms with van der Waals surface area (Å²) in [5.41, 5.74) is 0. The lowest BCUT2D eigenvalue weighted by Crippen LogP contribution is -2.23. The Morgan fingerprint density at radius 1 is 1.14 bits per heavy atom. The Bertz CT molecular complexity index is 142. The van der Waals surface area contributed by atoms with Crippen molar-refractivity contribution in [2.24, 2.45) is 0 Å². The summed E-state index contributed by atoms with van der Waals surface area (Å²) in [6.07, 6.45) is -0.372. The van der Waals surface area contributed by atoms with E-state index in [0.717, 1.165) is 0 Å². The summed E-state index contributed by atoms with van der Waals surface area (Å²) in [6, 6.07) is 0. The molecule has 3 N–H and O–H groups in total. The predicted octanol–water partition coefficient (Wildman–Crippen LogP) is -0.330. The number of carbonyl (C=O) groups is 1. The van der Waals surface area contributed by atoms with Crippen LogP contribution in [0.5, 0.6) is 0 Å². The summed E-state index contributed by atoms with van der Waals surface area (Å²) >= 11 is 0. The second-order valence-corrected chi connectivity index (χ2v) is 2.53. The normalized spacial score (nSPS) is 10.1. The van der Waals surface area contributed by atoms with Gasteiger partial charge in [0.15, 0.2) is 0 Å². The first-order chi connectivity index (χ1) is 6.77. The van der Waals surface area contributed by atoms with Gasteiger partial charge in [-0.05, 0) is 6.42 Å². The molecule has 0 aromatic carbocycles. The molecule has 0 saturated heterocycles. The van der Waals surface area contributed by atoms with Crippen molar-refractivity contribution in [1.82, 2.24) is 5.32 Å². The molecule has 6 heteroatoms. The van der Waals surface area contributed by atoms with Gasteiger partial charge in [0, 0.05) is 13.2 Å². The number of carboxylic acid groups (broad SMARTS) is 1. The van der Waals surface area contributed by atoms with Gasteiger partial charge in [-0.1, -0.05) is 0 Å². The molecule has 0 radical (unpaired) electrons. The maximum Gasteiger partial charge on any atom is 0.404 e. The second kappa shape index (κ2) is 10.2. The molecule has 0 bridgehead atoms. The molecule has 0 atom stereocenters. The second-order valence-electron chi connectivity index (χ2n) is 2.53. The van der Waals surface area contributed by atoms with Crippen molar-refractivity contribution in [3.63, 3.8) is 0 Å². The molecular formula is C8H17NO5. The Morgan fingerprint density at radius 3 is 2.36 bits per heavy atom. The third kappa shape index (κ3) is 11.2. The Kier molecular flexibility index (Phi) is 9.61. The summed E-state index contributed by atoms with van der Waals surface area (Å²) in [6.45, 7) is 2.15. The van der Waals surface area contributed by atoms with Gasteiger partial charge < -0.3 is 25.0 Å². The van der Waals surface area contributed by atoms with Gasteiger partial charge in [0.25, 0.3) is 0 Å². The Balaban J connectivity index is 2.88. The van der Waals surface area contributed by atoms with E-state index in [9.17, 15) is 4.79 Å². The predicted molar refractivity (Wildman–Crippen MR) is 49.4 cm³/mol. The molecule has 0 aliphatic rings. The maximum absolute atomic E-state index is 10.0. The average Bonchev–Trinajstić information content (AvgIpc) is 2.15. The van der Waals surface area contributed by atoms with Crippen molar-refractivity contribution in [2.75, 3.05) is 39.6 Å². The number of ether oxygens (including phenoxy) is 2. The van der Waals surface area contributed by atoms with E-state index in [1.165, 1.54) is 0 Å². The van der Waals surface area contributed by atoms with Crippen molar-refractivity contribution in [3.8, 4) is 0 Å². The number of hydrogen-bond donors (Lipinski definition) is 3. The number of rotatable bonds is 9. The molecule has 0 aliphatic carbocycles. The Morgan fingerprint density at radius 2 is 1.79 bits per heavy atom. The highest BCUT2D eigenvalue weighted by Crippen LogP contribution is 1.82. The molecule has 0 unspecified atom stereocenters. The fourth-order valence-corrected chi connectivity index (χ4v) is 0.756. The molecule has 0 fully saturated rings. The lowest BCUT2D eigenvalue weighted by molar-refractivity contribution is 0.0326. The molecule has 0 aromatic heterocycles. The van der Waals surface area contributed by atoms with Crippen LogP contribution in [0.4, 0.5) is 4.79 Å². The van der Waals surface area contributed by atoms with Crippen LogP contribution >= 0.6 is 0 Å². The highest BCUT2D eigenvalue weighted by atomic mass is 16.5. The summed E-state index contributed by atoms with van der Waals surface area (Å²) in [5.74, 6) is 0. The number of nitrogens with one attached hydrogen (secondary N) is 1. The summed E-state index contributed by atoms with van der Waals surface area (Å²) in [4.78, 5) is 10.0. The molecule has 1 amide bonds. The van der Waals surface area contributed by atoms with Crippen LogP contribution in [0.3, 0.4) is 0 Å². The lowest BCUT2D eigenvalue weighted by atomic mass is 10.4. The zero-order valence-corrected chi connectivity index (χ0v) is 8.07. The van der Waals surface area contributed by atoms with E-state index in [1.54, 1.807) is 0 Å². The van der Waals surface area contributed by atoms with Crippen LogP contribution in [-0.4, -0.2) is 55.9 Å². The van der Waals surface area contributed by atoms with Crippen LogP contribution in [-0.2, 0) is 9.47 Å². The zero-order chi connectivity index (χ0) is 10.6. The van der Waals surface area contributed by atoms with Crippen molar-refractivity contribution >= 4 is 6.09 Å². The van der Waals surface area contributed by atoms with Gasteiger partial charge in [0.1, 0.15) is 0 Å². The van der Waals surface area contributed by atoms with Gasteiger partial charge in [-0.2, -0.15) is 0 Å². The molecular weight excluding hydrogens is 190 g/mol. The minimum atomic E-state index is -1.02. The molecule has 0 aliphatic heterocycles. The zero-order valence-electron chi connectivity index (χ0n) is 8.07. The molecule has 84 valence electrons. The maximum atomic E-state index is 10.0. The average molecular weight is 207 g/mol. The molecule has 0 spiro atoms. The van der Waals surface area contributed by atoms with Crippen molar-refractivity contribution in [2.45, 2.75) is 6.42 Å². The first-order valence-corrected chi connectivity index (χ1v) is 4.50. The van der Waals surface area contributed by atoms with E-state index in [4.69, 9.17) is 19.7 Å². The minimum absolute atomic E-state index is 0.0164. The Labute approximate surface area is 82.8 Å². The first kappa shape index (κ1) is 13.2. The van der Waals surface area contributed by atoms with Gasteiger partial charge in [0.05, 0.1) is 26.4 Å². The molecule has 0 saturated carbocycles. The third-order valence-electron chi connectivity index (χ3n) is 1.35. The fourth-order valence-electron chi connectivity index (χ4n) is 0.756. The molecule has 6 nitrogen and oxygen atoms in total. The molecule has 0 heterocycles. The highest BCUT2D eigenvalue weighted by molar-refractivity contribution is 5.64. The standard InChI is InChI=1S/C8H17NO5/c10-3-5-14-7-6-13-4-1-2-9-8(11)12/h9-10H,1-7H2,(H,11,12). The van der Waals surface area contributed by atoms with Gasteiger partial charge in [0.2, 0.25) is 0 Å². The van der Waals surface area contributed by atoms with Crippen LogP contribution < -0.4 is 5.32 Å². The SMILES string of the molecule is O=C(O)NCCCOCCOCCO. The van der Waals surface area contributed by atoms with E-state index < -0.39 is 6.09 Å². The van der Waals surface area contributed by atoms with Crippen molar-refractivity contribution in [1.29, 1.82) is 0 Å².